The van der Waals surface area contributed by atoms with E-state index in [1.54, 1.807) is 12.1 Å². The molecular formula is C17H25N3O4S. The smallest absolute Gasteiger partial charge is 0.229 e. The van der Waals surface area contributed by atoms with Crippen molar-refractivity contribution in [1.82, 2.24) is 10.2 Å². The molecule has 0 radical (unpaired) electrons. The Morgan fingerprint density at radius 1 is 1.32 bits per heavy atom. The second-order valence-corrected chi connectivity index (χ2v) is 8.59. The van der Waals surface area contributed by atoms with E-state index in [0.29, 0.717) is 25.3 Å². The molecule has 3 rings (SSSR count). The van der Waals surface area contributed by atoms with Crippen LogP contribution < -0.4 is 10.0 Å². The molecule has 0 spiro atoms. The summed E-state index contributed by atoms with van der Waals surface area (Å²) in [6.45, 7) is 4.28. The van der Waals surface area contributed by atoms with Crippen molar-refractivity contribution in [3.05, 3.63) is 29.8 Å². The molecule has 2 aliphatic rings. The fourth-order valence-electron chi connectivity index (χ4n) is 3.71. The molecule has 1 aromatic carbocycles. The van der Waals surface area contributed by atoms with E-state index in [1.807, 2.05) is 12.1 Å². The molecule has 7 nitrogen and oxygen atoms in total. The Bertz CT molecular complexity index is 737. The molecule has 1 aromatic rings. The molecular weight excluding hydrogens is 342 g/mol. The van der Waals surface area contributed by atoms with Gasteiger partial charge in [0.2, 0.25) is 15.9 Å². The van der Waals surface area contributed by atoms with Crippen molar-refractivity contribution in [2.45, 2.75) is 37.9 Å². The molecule has 2 saturated heterocycles. The van der Waals surface area contributed by atoms with Crippen LogP contribution in [0.1, 0.15) is 31.4 Å². The standard InChI is InChI=1S/C17H25N3O4S/c1-12-11-24-8-7-20(12)13-9-16(18-17(21)10-13)14-5-3-4-6-15(14)19-25(2,22)23/h3-6,12-13,16,19H,7-11H2,1-2H3,(H,18,21)/t12-,13?,16?/m1/s1. The first-order valence-electron chi connectivity index (χ1n) is 8.53. The summed E-state index contributed by atoms with van der Waals surface area (Å²) in [4.78, 5) is 14.6. The number of ether oxygens (including phenoxy) is 1. The Hall–Kier alpha value is -1.64. The van der Waals surface area contributed by atoms with Crippen molar-refractivity contribution < 1.29 is 17.9 Å². The number of carbonyl (C=O) groups excluding carboxylic acids is 1. The maximum Gasteiger partial charge on any atom is 0.229 e. The molecule has 8 heteroatoms. The monoisotopic (exact) mass is 367 g/mol. The van der Waals surface area contributed by atoms with Gasteiger partial charge in [-0.25, -0.2) is 8.42 Å². The van der Waals surface area contributed by atoms with Gasteiger partial charge in [0.25, 0.3) is 0 Å². The van der Waals surface area contributed by atoms with Crippen molar-refractivity contribution >= 4 is 21.6 Å². The predicted octanol–water partition coefficient (Wildman–Crippen LogP) is 1.10. The number of benzene rings is 1. The van der Waals surface area contributed by atoms with Crippen LogP contribution >= 0.6 is 0 Å². The number of rotatable bonds is 4. The number of anilines is 1. The molecule has 0 saturated carbocycles. The average Bonchev–Trinajstić information content (AvgIpc) is 2.53. The van der Waals surface area contributed by atoms with Crippen LogP contribution in [0.2, 0.25) is 0 Å². The third-order valence-electron chi connectivity index (χ3n) is 4.78. The summed E-state index contributed by atoms with van der Waals surface area (Å²) < 4.78 is 31.3. The highest BCUT2D eigenvalue weighted by Crippen LogP contribution is 2.32. The van der Waals surface area contributed by atoms with E-state index in [4.69, 9.17) is 4.74 Å². The minimum absolute atomic E-state index is 0.00546. The Kier molecular flexibility index (Phi) is 5.31. The number of nitrogens with zero attached hydrogens (tertiary/aromatic N) is 1. The molecule has 2 fully saturated rings. The van der Waals surface area contributed by atoms with Gasteiger partial charge in [0.05, 0.1) is 31.2 Å². The normalized spacial score (nSPS) is 28.4. The van der Waals surface area contributed by atoms with E-state index in [-0.39, 0.29) is 24.0 Å². The van der Waals surface area contributed by atoms with Gasteiger partial charge in [-0.1, -0.05) is 18.2 Å². The van der Waals surface area contributed by atoms with Crippen LogP contribution in [-0.2, 0) is 19.6 Å². The zero-order valence-electron chi connectivity index (χ0n) is 14.6. The second kappa shape index (κ2) is 7.31. The van der Waals surface area contributed by atoms with Crippen molar-refractivity contribution in [2.75, 3.05) is 30.7 Å². The van der Waals surface area contributed by atoms with Crippen LogP contribution in [0.5, 0.6) is 0 Å². The first-order chi connectivity index (χ1) is 11.8. The number of amides is 1. The number of nitrogens with one attached hydrogen (secondary N) is 2. The maximum atomic E-state index is 12.3. The summed E-state index contributed by atoms with van der Waals surface area (Å²) >= 11 is 0. The summed E-state index contributed by atoms with van der Waals surface area (Å²) in [5.41, 5.74) is 1.32. The molecule has 0 bridgehead atoms. The van der Waals surface area contributed by atoms with E-state index in [2.05, 4.69) is 21.9 Å². The van der Waals surface area contributed by atoms with Gasteiger partial charge in [-0.2, -0.15) is 0 Å². The molecule has 0 aromatic heterocycles. The summed E-state index contributed by atoms with van der Waals surface area (Å²) in [5, 5.41) is 3.01. The topological polar surface area (TPSA) is 87.7 Å². The van der Waals surface area contributed by atoms with E-state index in [9.17, 15) is 13.2 Å². The molecule has 2 unspecified atom stereocenters. The number of hydrogen-bond donors (Lipinski definition) is 2. The van der Waals surface area contributed by atoms with Gasteiger partial charge in [0, 0.05) is 25.0 Å². The van der Waals surface area contributed by atoms with Crippen molar-refractivity contribution in [1.29, 1.82) is 0 Å². The van der Waals surface area contributed by atoms with Gasteiger partial charge in [-0.3, -0.25) is 14.4 Å². The van der Waals surface area contributed by atoms with Crippen LogP contribution in [-0.4, -0.2) is 57.3 Å². The predicted molar refractivity (Wildman–Crippen MR) is 95.8 cm³/mol. The zero-order valence-corrected chi connectivity index (χ0v) is 15.4. The average molecular weight is 367 g/mol. The van der Waals surface area contributed by atoms with Crippen LogP contribution in [0.25, 0.3) is 0 Å². The Morgan fingerprint density at radius 3 is 2.80 bits per heavy atom. The quantitative estimate of drug-likeness (QED) is 0.832. The number of piperidine rings is 1. The first kappa shape index (κ1) is 18.2. The lowest BCUT2D eigenvalue weighted by molar-refractivity contribution is -0.127. The maximum absolute atomic E-state index is 12.3. The molecule has 2 N–H and O–H groups in total. The molecule has 2 aliphatic heterocycles. The largest absolute Gasteiger partial charge is 0.379 e. The van der Waals surface area contributed by atoms with Crippen LogP contribution in [0.4, 0.5) is 5.69 Å². The van der Waals surface area contributed by atoms with E-state index < -0.39 is 10.0 Å². The summed E-state index contributed by atoms with van der Waals surface area (Å²) in [5.74, 6) is -0.00546. The van der Waals surface area contributed by atoms with Crippen LogP contribution in [0.15, 0.2) is 24.3 Å². The summed E-state index contributed by atoms with van der Waals surface area (Å²) in [6, 6.07) is 7.41. The van der Waals surface area contributed by atoms with Crippen molar-refractivity contribution in [3.63, 3.8) is 0 Å². The lowest BCUT2D eigenvalue weighted by Crippen LogP contribution is -2.54. The fraction of sp³-hybridized carbons (Fsp3) is 0.588. The van der Waals surface area contributed by atoms with Gasteiger partial charge in [0.1, 0.15) is 0 Å². The number of hydrogen-bond acceptors (Lipinski definition) is 5. The lowest BCUT2D eigenvalue weighted by atomic mass is 9.90. The van der Waals surface area contributed by atoms with E-state index in [0.717, 1.165) is 24.8 Å². The molecule has 2 heterocycles. The Labute approximate surface area is 148 Å². The third kappa shape index (κ3) is 4.50. The third-order valence-corrected chi connectivity index (χ3v) is 5.37. The Morgan fingerprint density at radius 2 is 2.08 bits per heavy atom. The number of carbonyl (C=O) groups is 1. The molecule has 1 amide bonds. The first-order valence-corrected chi connectivity index (χ1v) is 10.4. The minimum Gasteiger partial charge on any atom is -0.379 e. The summed E-state index contributed by atoms with van der Waals surface area (Å²) in [7, 11) is -3.38. The molecule has 138 valence electrons. The van der Waals surface area contributed by atoms with Crippen molar-refractivity contribution in [3.8, 4) is 0 Å². The number of morpholine rings is 1. The zero-order chi connectivity index (χ0) is 18.0. The highest BCUT2D eigenvalue weighted by Gasteiger charge is 2.35. The van der Waals surface area contributed by atoms with Gasteiger partial charge >= 0.3 is 0 Å². The van der Waals surface area contributed by atoms with Gasteiger partial charge < -0.3 is 10.1 Å². The molecule has 25 heavy (non-hydrogen) atoms. The second-order valence-electron chi connectivity index (χ2n) is 6.84. The SMILES string of the molecule is C[C@@H]1COCCN1C1CC(=O)NC(c2ccccc2NS(C)(=O)=O)C1. The van der Waals surface area contributed by atoms with Gasteiger partial charge in [-0.05, 0) is 25.0 Å². The van der Waals surface area contributed by atoms with Crippen molar-refractivity contribution in [2.24, 2.45) is 0 Å². The fourth-order valence-corrected chi connectivity index (χ4v) is 4.30. The van der Waals surface area contributed by atoms with Gasteiger partial charge in [0.15, 0.2) is 0 Å². The highest BCUT2D eigenvalue weighted by atomic mass is 32.2. The number of sulfonamides is 1. The number of para-hydroxylation sites is 1. The van der Waals surface area contributed by atoms with Crippen LogP contribution in [0.3, 0.4) is 0 Å². The Balaban J connectivity index is 1.84. The molecule has 3 atom stereocenters. The van der Waals surface area contributed by atoms with E-state index in [1.165, 1.54) is 0 Å². The molecule has 0 aliphatic carbocycles. The highest BCUT2D eigenvalue weighted by molar-refractivity contribution is 7.92. The summed E-state index contributed by atoms with van der Waals surface area (Å²) in [6.07, 6.45) is 2.34. The minimum atomic E-state index is -3.38. The van der Waals surface area contributed by atoms with Gasteiger partial charge in [-0.15, -0.1) is 0 Å². The lowest BCUT2D eigenvalue weighted by Gasteiger charge is -2.43. The van der Waals surface area contributed by atoms with Crippen LogP contribution in [0, 0.1) is 0 Å². The van der Waals surface area contributed by atoms with E-state index >= 15 is 0 Å².